The van der Waals surface area contributed by atoms with Crippen molar-refractivity contribution in [2.24, 2.45) is 61.0 Å². The van der Waals surface area contributed by atoms with Gasteiger partial charge in [0.25, 0.3) is 0 Å². The van der Waals surface area contributed by atoms with E-state index in [1.165, 1.54) is 9.80 Å². The molecule has 0 radical (unpaired) electrons. The Kier molecular flexibility index (Phi) is 25.8. The van der Waals surface area contributed by atoms with Gasteiger partial charge in [-0.15, -0.1) is 0 Å². The van der Waals surface area contributed by atoms with E-state index in [1.807, 2.05) is 6.92 Å². The number of unbranched alkanes of at least 4 members (excludes halogenated alkanes) is 1. The average Bonchev–Trinajstić information content (AvgIpc) is 4.16. The summed E-state index contributed by atoms with van der Waals surface area (Å²) in [6, 6.07) is -8.33. The molecule has 21 N–H and O–H groups in total. The van der Waals surface area contributed by atoms with Gasteiger partial charge in [-0.25, -0.2) is 4.79 Å². The summed E-state index contributed by atoms with van der Waals surface area (Å²) in [7, 11) is 0. The molecule has 3 heterocycles. The lowest BCUT2D eigenvalue weighted by Gasteiger charge is -2.33. The van der Waals surface area contributed by atoms with Gasteiger partial charge in [-0.05, 0) is 115 Å². The van der Waals surface area contributed by atoms with Crippen molar-refractivity contribution in [1.82, 2.24) is 41.7 Å². The molecule has 3 aliphatic heterocycles. The maximum Gasteiger partial charge on any atom is 0.326 e. The Morgan fingerprint density at radius 3 is 1.53 bits per heavy atom. The zero-order valence-electron chi connectivity index (χ0n) is 42.0. The van der Waals surface area contributed by atoms with Crippen molar-refractivity contribution in [2.45, 2.75) is 165 Å². The summed E-state index contributed by atoms with van der Waals surface area (Å²) >= 11 is 0. The number of nitrogens with two attached hydrogens (primary N) is 7. The highest BCUT2D eigenvalue weighted by Crippen LogP contribution is 2.24. The molecule has 406 valence electrons. The second-order valence-corrected chi connectivity index (χ2v) is 18.6. The molecular formula is C45H82N18O9. The third-order valence-electron chi connectivity index (χ3n) is 13.1. The number of carboxylic acids is 1. The number of carbonyl (C=O) groups is 8. The standard InChI is InChI=1S/C45H82N18O9/c1-3-26(2)34(41(70)63-25-11-18-33(63)39(68)60-31(42(71)72)16-9-23-56-45(51)52)61-37(66)28(12-4-5-19-46)57-36(65)29(14-7-21-54-43(47)48)58-38(67)32-17-10-24-62(32)40(69)30(15-8-22-55-44(49)50)59-35(64)27-13-6-20-53-27/h26-34,53H,3-25,46H2,1-2H3,(H,57,65)(H,58,67)(H,59,64)(H,60,68)(H,61,66)(H,71,72)(H4,47,48,54)(H4,49,50,55)(H4,51,52,56)/t26-,27-,28-,29-,30-,31-,32-,33-,34-/m0/s1. The number of likely N-dealkylation sites (tertiary alicyclic amines) is 2. The number of rotatable bonds is 31. The number of aliphatic imine (C=N–C) groups is 3. The Labute approximate surface area is 421 Å². The molecule has 0 bridgehead atoms. The van der Waals surface area contributed by atoms with E-state index < -0.39 is 95.7 Å². The van der Waals surface area contributed by atoms with Gasteiger partial charge in [-0.3, -0.25) is 48.5 Å². The lowest BCUT2D eigenvalue weighted by molar-refractivity contribution is -0.145. The van der Waals surface area contributed by atoms with Crippen LogP contribution in [0.5, 0.6) is 0 Å². The van der Waals surface area contributed by atoms with Crippen LogP contribution in [0.3, 0.4) is 0 Å². The van der Waals surface area contributed by atoms with Gasteiger partial charge in [0.2, 0.25) is 41.4 Å². The van der Waals surface area contributed by atoms with Crippen LogP contribution in [0.1, 0.15) is 117 Å². The van der Waals surface area contributed by atoms with E-state index in [1.54, 1.807) is 6.92 Å². The maximum atomic E-state index is 14.4. The van der Waals surface area contributed by atoms with Gasteiger partial charge in [0.15, 0.2) is 17.9 Å². The molecule has 3 saturated heterocycles. The largest absolute Gasteiger partial charge is 0.480 e. The highest BCUT2D eigenvalue weighted by molar-refractivity contribution is 5.98. The number of hydrogen-bond donors (Lipinski definition) is 14. The Morgan fingerprint density at radius 2 is 1.04 bits per heavy atom. The molecule has 27 nitrogen and oxygen atoms in total. The van der Waals surface area contributed by atoms with Gasteiger partial charge in [0.1, 0.15) is 42.3 Å². The number of carbonyl (C=O) groups excluding carboxylic acids is 7. The number of guanidine groups is 3. The third kappa shape index (κ3) is 19.6. The van der Waals surface area contributed by atoms with Gasteiger partial charge in [0, 0.05) is 32.7 Å². The summed E-state index contributed by atoms with van der Waals surface area (Å²) < 4.78 is 0. The van der Waals surface area contributed by atoms with E-state index in [2.05, 4.69) is 46.9 Å². The van der Waals surface area contributed by atoms with E-state index >= 15 is 0 Å². The minimum Gasteiger partial charge on any atom is -0.480 e. The van der Waals surface area contributed by atoms with Crippen LogP contribution in [0, 0.1) is 5.92 Å². The Bertz CT molecular complexity index is 1920. The lowest BCUT2D eigenvalue weighted by atomic mass is 9.96. The quantitative estimate of drug-likeness (QED) is 0.0177. The Hall–Kier alpha value is -6.51. The SMILES string of the molecule is CC[C@H](C)[C@H](NC(=O)[C@H](CCCCN)NC(=O)[C@H](CCCN=C(N)N)NC(=O)[C@@H]1CCCN1C(=O)[C@H](CCCN=C(N)N)NC(=O)[C@@H]1CCCN1)C(=O)N1CCC[C@H]1C(=O)N[C@@H](CCCN=C(N)N)C(=O)O. The van der Waals surface area contributed by atoms with E-state index in [0.29, 0.717) is 58.0 Å². The topological polar surface area (TPSA) is 455 Å². The molecule has 27 heteroatoms. The van der Waals surface area contributed by atoms with Crippen molar-refractivity contribution >= 4 is 65.2 Å². The molecule has 0 aromatic rings. The minimum absolute atomic E-state index is 0.0232. The van der Waals surface area contributed by atoms with Crippen LogP contribution >= 0.6 is 0 Å². The Balaban J connectivity index is 1.84. The fraction of sp³-hybridized carbons (Fsp3) is 0.756. The molecule has 0 aromatic carbocycles. The molecule has 0 aromatic heterocycles. The minimum atomic E-state index is -1.27. The number of carboxylic acid groups (broad SMARTS) is 1. The number of amides is 7. The number of nitrogens with zero attached hydrogens (tertiary/aromatic N) is 5. The summed E-state index contributed by atoms with van der Waals surface area (Å²) in [6.45, 7) is 5.43. The van der Waals surface area contributed by atoms with Crippen LogP contribution in [-0.2, 0) is 38.4 Å². The summed E-state index contributed by atoms with van der Waals surface area (Å²) in [6.07, 6.45) is 5.42. The van der Waals surface area contributed by atoms with Crippen molar-refractivity contribution in [3.63, 3.8) is 0 Å². The average molecular weight is 1020 g/mol. The van der Waals surface area contributed by atoms with Gasteiger partial charge >= 0.3 is 5.97 Å². The van der Waals surface area contributed by atoms with Crippen molar-refractivity contribution < 1.29 is 43.5 Å². The molecule has 3 rings (SSSR count). The van der Waals surface area contributed by atoms with Crippen LogP contribution in [0.15, 0.2) is 15.0 Å². The van der Waals surface area contributed by atoms with Crippen LogP contribution in [-0.4, -0.2) is 174 Å². The van der Waals surface area contributed by atoms with Crippen LogP contribution in [0.2, 0.25) is 0 Å². The number of nitrogens with one attached hydrogen (secondary N) is 6. The lowest BCUT2D eigenvalue weighted by Crippen LogP contribution is -2.60. The summed E-state index contributed by atoms with van der Waals surface area (Å²) in [5, 5.41) is 26.8. The zero-order valence-corrected chi connectivity index (χ0v) is 42.0. The smallest absolute Gasteiger partial charge is 0.326 e. The Morgan fingerprint density at radius 1 is 0.583 bits per heavy atom. The number of hydrogen-bond acceptors (Lipinski definition) is 13. The molecule has 72 heavy (non-hydrogen) atoms. The summed E-state index contributed by atoms with van der Waals surface area (Å²) in [5.74, 6) is -6.19. The summed E-state index contributed by atoms with van der Waals surface area (Å²) in [4.78, 5) is 125. The molecule has 7 amide bonds. The predicted octanol–water partition coefficient (Wildman–Crippen LogP) is -4.44. The monoisotopic (exact) mass is 1020 g/mol. The first-order chi connectivity index (χ1) is 34.3. The van der Waals surface area contributed by atoms with E-state index in [4.69, 9.17) is 40.1 Å². The van der Waals surface area contributed by atoms with E-state index in [9.17, 15) is 43.5 Å². The van der Waals surface area contributed by atoms with E-state index in [0.717, 1.165) is 6.42 Å². The predicted molar refractivity (Wildman–Crippen MR) is 270 cm³/mol. The molecule has 0 unspecified atom stereocenters. The molecule has 3 fully saturated rings. The van der Waals surface area contributed by atoms with Crippen LogP contribution < -0.4 is 72.0 Å². The van der Waals surface area contributed by atoms with Crippen LogP contribution in [0.4, 0.5) is 0 Å². The molecule has 0 aliphatic carbocycles. The van der Waals surface area contributed by atoms with Gasteiger partial charge in [0.05, 0.1) is 6.04 Å². The molecule has 9 atom stereocenters. The highest BCUT2D eigenvalue weighted by Gasteiger charge is 2.42. The highest BCUT2D eigenvalue weighted by atomic mass is 16.4. The summed E-state index contributed by atoms with van der Waals surface area (Å²) in [5.41, 5.74) is 38.6. The first kappa shape index (κ1) is 59.8. The van der Waals surface area contributed by atoms with E-state index in [-0.39, 0.29) is 108 Å². The fourth-order valence-electron chi connectivity index (χ4n) is 8.97. The maximum absolute atomic E-state index is 14.4. The zero-order chi connectivity index (χ0) is 53.3. The first-order valence-corrected chi connectivity index (χ1v) is 25.2. The van der Waals surface area contributed by atoms with Crippen LogP contribution in [0.25, 0.3) is 0 Å². The second kappa shape index (κ2) is 31.1. The van der Waals surface area contributed by atoms with Crippen molar-refractivity contribution in [3.05, 3.63) is 0 Å². The van der Waals surface area contributed by atoms with Gasteiger partial charge in [-0.2, -0.15) is 0 Å². The molecule has 0 saturated carbocycles. The molecule has 3 aliphatic rings. The van der Waals surface area contributed by atoms with Crippen molar-refractivity contribution in [3.8, 4) is 0 Å². The van der Waals surface area contributed by atoms with Crippen molar-refractivity contribution in [2.75, 3.05) is 45.8 Å². The number of aliphatic carboxylic acids is 1. The van der Waals surface area contributed by atoms with Gasteiger partial charge in [-0.1, -0.05) is 20.3 Å². The normalized spacial score (nSPS) is 19.8. The fourth-order valence-corrected chi connectivity index (χ4v) is 8.97. The molecule has 0 spiro atoms. The second-order valence-electron chi connectivity index (χ2n) is 18.6. The molecular weight excluding hydrogens is 937 g/mol. The van der Waals surface area contributed by atoms with Gasteiger partial charge < -0.3 is 86.9 Å². The first-order valence-electron chi connectivity index (χ1n) is 25.2. The third-order valence-corrected chi connectivity index (χ3v) is 13.1. The van der Waals surface area contributed by atoms with Crippen molar-refractivity contribution in [1.29, 1.82) is 0 Å².